The molecule has 2 N–H and O–H groups in total. The third-order valence-electron chi connectivity index (χ3n) is 2.60. The van der Waals surface area contributed by atoms with Gasteiger partial charge in [-0.15, -0.1) is 0 Å². The minimum absolute atomic E-state index is 0.0211. The van der Waals surface area contributed by atoms with Crippen molar-refractivity contribution in [3.63, 3.8) is 0 Å². The molecule has 2 aromatic carbocycles. The zero-order chi connectivity index (χ0) is 15.1. The summed E-state index contributed by atoms with van der Waals surface area (Å²) in [4.78, 5) is 21.5. The van der Waals surface area contributed by atoms with Gasteiger partial charge in [0, 0.05) is 12.1 Å². The zero-order valence-electron chi connectivity index (χ0n) is 11.0. The Morgan fingerprint density at radius 3 is 2.38 bits per heavy atom. The number of nitrogens with zero attached hydrogens (tertiary/aromatic N) is 1. The number of carbonyl (C=O) groups is 1. The van der Waals surface area contributed by atoms with Gasteiger partial charge in [0.25, 0.3) is 5.69 Å². The van der Waals surface area contributed by atoms with E-state index in [1.54, 1.807) is 0 Å². The number of amides is 1. The van der Waals surface area contributed by atoms with Gasteiger partial charge in [-0.3, -0.25) is 15.5 Å². The van der Waals surface area contributed by atoms with Gasteiger partial charge in [0.2, 0.25) is 0 Å². The molecule has 7 nitrogen and oxygen atoms in total. The second-order valence-corrected chi connectivity index (χ2v) is 4.12. The average Bonchev–Trinajstić information content (AvgIpc) is 2.52. The summed E-state index contributed by atoms with van der Waals surface area (Å²) in [6, 6.07) is 14.9. The van der Waals surface area contributed by atoms with Crippen molar-refractivity contribution in [3.05, 3.63) is 70.3 Å². The van der Waals surface area contributed by atoms with Crippen molar-refractivity contribution in [3.8, 4) is 0 Å². The van der Waals surface area contributed by atoms with Crippen molar-refractivity contribution in [2.75, 3.05) is 5.43 Å². The van der Waals surface area contributed by atoms with Gasteiger partial charge in [-0.1, -0.05) is 30.3 Å². The summed E-state index contributed by atoms with van der Waals surface area (Å²) in [5.74, 6) is 0. The molecule has 0 heterocycles. The summed E-state index contributed by atoms with van der Waals surface area (Å²) in [5.41, 5.74) is 6.30. The average molecular weight is 287 g/mol. The van der Waals surface area contributed by atoms with Crippen LogP contribution in [0.1, 0.15) is 5.56 Å². The highest BCUT2D eigenvalue weighted by Crippen LogP contribution is 2.14. The van der Waals surface area contributed by atoms with Crippen LogP contribution in [0.4, 0.5) is 16.2 Å². The molecule has 1 amide bonds. The highest BCUT2D eigenvalue weighted by molar-refractivity contribution is 5.69. The second kappa shape index (κ2) is 6.90. The number of carbonyl (C=O) groups excluding carboxylic acids is 1. The molecule has 0 saturated heterocycles. The fourth-order valence-corrected chi connectivity index (χ4v) is 1.55. The molecular weight excluding hydrogens is 274 g/mol. The molecule has 0 atom stereocenters. The molecule has 0 bridgehead atoms. The Morgan fingerprint density at radius 1 is 1.10 bits per heavy atom. The van der Waals surface area contributed by atoms with E-state index >= 15 is 0 Å². The van der Waals surface area contributed by atoms with Crippen LogP contribution in [0.3, 0.4) is 0 Å². The molecule has 0 fully saturated rings. The van der Waals surface area contributed by atoms with Crippen LogP contribution in [-0.2, 0) is 11.3 Å². The molecule has 21 heavy (non-hydrogen) atoms. The van der Waals surface area contributed by atoms with Gasteiger partial charge in [-0.25, -0.2) is 10.2 Å². The van der Waals surface area contributed by atoms with Gasteiger partial charge < -0.3 is 4.74 Å². The number of hydrazine groups is 1. The number of hydrogen-bond acceptors (Lipinski definition) is 5. The van der Waals surface area contributed by atoms with E-state index < -0.39 is 11.0 Å². The number of hydrogen-bond donors (Lipinski definition) is 2. The molecule has 0 aromatic heterocycles. The van der Waals surface area contributed by atoms with Crippen LogP contribution in [-0.4, -0.2) is 11.0 Å². The lowest BCUT2D eigenvalue weighted by Gasteiger charge is -2.09. The lowest BCUT2D eigenvalue weighted by atomic mass is 10.2. The van der Waals surface area contributed by atoms with Crippen LogP contribution < -0.4 is 10.9 Å². The van der Waals surface area contributed by atoms with Crippen molar-refractivity contribution in [2.45, 2.75) is 6.61 Å². The standard InChI is InChI=1S/C14H13N3O4/c18-14(21-10-11-4-2-1-3-5-11)16-15-12-6-8-13(9-7-12)17(19)20/h1-9,15H,10H2,(H,16,18). The zero-order valence-corrected chi connectivity index (χ0v) is 11.0. The Labute approximate surface area is 120 Å². The van der Waals surface area contributed by atoms with E-state index in [1.807, 2.05) is 30.3 Å². The summed E-state index contributed by atoms with van der Waals surface area (Å²) >= 11 is 0. The molecule has 0 saturated carbocycles. The SMILES string of the molecule is O=C(NNc1ccc([N+](=O)[O-])cc1)OCc1ccccc1. The minimum Gasteiger partial charge on any atom is -0.443 e. The number of anilines is 1. The summed E-state index contributed by atoms with van der Waals surface area (Å²) in [6.45, 7) is 0.161. The molecule has 7 heteroatoms. The minimum atomic E-state index is -0.641. The van der Waals surface area contributed by atoms with E-state index in [4.69, 9.17) is 4.74 Å². The van der Waals surface area contributed by atoms with Crippen LogP contribution in [0, 0.1) is 10.1 Å². The van der Waals surface area contributed by atoms with Gasteiger partial charge in [0.15, 0.2) is 0 Å². The summed E-state index contributed by atoms with van der Waals surface area (Å²) in [7, 11) is 0. The van der Waals surface area contributed by atoms with Crippen LogP contribution in [0.15, 0.2) is 54.6 Å². The molecule has 0 spiro atoms. The summed E-state index contributed by atoms with van der Waals surface area (Å²) in [5, 5.41) is 10.5. The van der Waals surface area contributed by atoms with Gasteiger partial charge in [0.1, 0.15) is 6.61 Å². The van der Waals surface area contributed by atoms with Gasteiger partial charge in [-0.2, -0.15) is 0 Å². The van der Waals surface area contributed by atoms with Crippen molar-refractivity contribution in [1.29, 1.82) is 0 Å². The Kier molecular flexibility index (Phi) is 4.70. The number of non-ortho nitro benzene ring substituents is 1. The predicted molar refractivity (Wildman–Crippen MR) is 76.5 cm³/mol. The van der Waals surface area contributed by atoms with Crippen molar-refractivity contribution in [2.24, 2.45) is 0 Å². The number of nitrogens with one attached hydrogen (secondary N) is 2. The van der Waals surface area contributed by atoms with Crippen molar-refractivity contribution >= 4 is 17.5 Å². The number of ether oxygens (including phenoxy) is 1. The van der Waals surface area contributed by atoms with Crippen LogP contribution in [0.25, 0.3) is 0 Å². The number of rotatable bonds is 5. The third kappa shape index (κ3) is 4.50. The van der Waals surface area contributed by atoms with E-state index in [1.165, 1.54) is 24.3 Å². The molecule has 0 aliphatic rings. The Hall–Kier alpha value is -3.09. The molecular formula is C14H13N3O4. The molecule has 0 radical (unpaired) electrons. The fourth-order valence-electron chi connectivity index (χ4n) is 1.55. The lowest BCUT2D eigenvalue weighted by Crippen LogP contribution is -2.29. The van der Waals surface area contributed by atoms with Crippen molar-refractivity contribution < 1.29 is 14.5 Å². The monoisotopic (exact) mass is 287 g/mol. The number of nitro groups is 1. The van der Waals surface area contributed by atoms with Gasteiger partial charge in [-0.05, 0) is 17.7 Å². The Morgan fingerprint density at radius 2 is 1.76 bits per heavy atom. The number of nitro benzene ring substituents is 1. The molecule has 0 aliphatic carbocycles. The highest BCUT2D eigenvalue weighted by atomic mass is 16.6. The van der Waals surface area contributed by atoms with Crippen LogP contribution >= 0.6 is 0 Å². The largest absolute Gasteiger partial charge is 0.443 e. The van der Waals surface area contributed by atoms with E-state index in [9.17, 15) is 14.9 Å². The first kappa shape index (κ1) is 14.3. The first-order chi connectivity index (χ1) is 10.1. The smallest absolute Gasteiger partial charge is 0.426 e. The third-order valence-corrected chi connectivity index (χ3v) is 2.60. The first-order valence-corrected chi connectivity index (χ1v) is 6.12. The van der Waals surface area contributed by atoms with E-state index in [0.29, 0.717) is 5.69 Å². The maximum atomic E-state index is 11.5. The summed E-state index contributed by atoms with van der Waals surface area (Å²) < 4.78 is 4.99. The fraction of sp³-hybridized carbons (Fsp3) is 0.0714. The molecule has 108 valence electrons. The summed E-state index contributed by atoms with van der Waals surface area (Å²) in [6.07, 6.45) is -0.641. The highest BCUT2D eigenvalue weighted by Gasteiger charge is 2.05. The number of benzene rings is 2. The van der Waals surface area contributed by atoms with Gasteiger partial charge >= 0.3 is 6.09 Å². The topological polar surface area (TPSA) is 93.5 Å². The predicted octanol–water partition coefficient (Wildman–Crippen LogP) is 2.85. The lowest BCUT2D eigenvalue weighted by molar-refractivity contribution is -0.384. The van der Waals surface area contributed by atoms with Gasteiger partial charge in [0.05, 0.1) is 10.6 Å². The van der Waals surface area contributed by atoms with E-state index in [0.717, 1.165) is 5.56 Å². The quantitative estimate of drug-likeness (QED) is 0.651. The van der Waals surface area contributed by atoms with Crippen LogP contribution in [0.5, 0.6) is 0 Å². The molecule has 2 aromatic rings. The molecule has 0 aliphatic heterocycles. The Balaban J connectivity index is 1.77. The molecule has 2 rings (SSSR count). The van der Waals surface area contributed by atoms with Crippen molar-refractivity contribution in [1.82, 2.24) is 5.43 Å². The maximum absolute atomic E-state index is 11.5. The second-order valence-electron chi connectivity index (χ2n) is 4.12. The maximum Gasteiger partial charge on any atom is 0.426 e. The Bertz CT molecular complexity index is 614. The normalized spacial score (nSPS) is 9.71. The van der Waals surface area contributed by atoms with Crippen LogP contribution in [0.2, 0.25) is 0 Å². The first-order valence-electron chi connectivity index (χ1n) is 6.12. The van der Waals surface area contributed by atoms with E-state index in [-0.39, 0.29) is 12.3 Å². The molecule has 0 unspecified atom stereocenters. The van der Waals surface area contributed by atoms with E-state index in [2.05, 4.69) is 10.9 Å².